The van der Waals surface area contributed by atoms with Crippen molar-refractivity contribution in [2.45, 2.75) is 0 Å². The molecule has 1 heterocycles. The van der Waals surface area contributed by atoms with Gasteiger partial charge in [0.05, 0.1) is 0 Å². The zero-order valence-corrected chi connectivity index (χ0v) is 10.1. The molecule has 0 fully saturated rings. The van der Waals surface area contributed by atoms with Gasteiger partial charge in [0.15, 0.2) is 0 Å². The van der Waals surface area contributed by atoms with Crippen LogP contribution >= 0.6 is 0 Å². The fourth-order valence-corrected chi connectivity index (χ4v) is 1.59. The maximum atomic E-state index is 11.8. The highest BCUT2D eigenvalue weighted by Gasteiger charge is 2.13. The molecule has 1 aromatic heterocycles. The molecule has 2 rings (SSSR count). The third-order valence-corrected chi connectivity index (χ3v) is 2.55. The molecule has 20 heavy (non-hydrogen) atoms. The molecule has 0 unspecified atom stereocenters. The highest BCUT2D eigenvalue weighted by atomic mass is 16.4. The van der Waals surface area contributed by atoms with E-state index in [1.54, 1.807) is 0 Å². The number of aromatic nitrogens is 1. The number of pyridine rings is 1. The molecule has 0 atom stereocenters. The van der Waals surface area contributed by atoms with Crippen molar-refractivity contribution in [2.24, 2.45) is 0 Å². The van der Waals surface area contributed by atoms with Gasteiger partial charge in [-0.25, -0.2) is 4.79 Å². The summed E-state index contributed by atoms with van der Waals surface area (Å²) in [5.74, 6) is -2.41. The summed E-state index contributed by atoms with van der Waals surface area (Å²) in [4.78, 5) is 36.3. The van der Waals surface area contributed by atoms with Gasteiger partial charge in [-0.05, 0) is 24.3 Å². The zero-order chi connectivity index (χ0) is 14.7. The second-order valence-electron chi connectivity index (χ2n) is 3.90. The van der Waals surface area contributed by atoms with E-state index >= 15 is 0 Å². The number of amides is 1. The molecule has 7 nitrogen and oxygen atoms in total. The van der Waals surface area contributed by atoms with Gasteiger partial charge in [0.25, 0.3) is 11.5 Å². The van der Waals surface area contributed by atoms with Crippen LogP contribution in [0.2, 0.25) is 0 Å². The monoisotopic (exact) mass is 274 g/mol. The molecule has 7 heteroatoms. The molecular weight excluding hydrogens is 264 g/mol. The Balaban J connectivity index is 2.25. The van der Waals surface area contributed by atoms with Crippen LogP contribution in [0.5, 0.6) is 5.75 Å². The Bertz CT molecular complexity index is 736. The number of aromatic hydroxyl groups is 1. The second-order valence-corrected chi connectivity index (χ2v) is 3.90. The third kappa shape index (κ3) is 2.66. The number of hydrogen-bond acceptors (Lipinski definition) is 4. The second kappa shape index (κ2) is 5.27. The van der Waals surface area contributed by atoms with Crippen LogP contribution in [0.3, 0.4) is 0 Å². The quantitative estimate of drug-likeness (QED) is 0.666. The molecule has 0 aliphatic rings. The van der Waals surface area contributed by atoms with E-state index in [-0.39, 0.29) is 16.8 Å². The first-order chi connectivity index (χ1) is 9.49. The van der Waals surface area contributed by atoms with Crippen LogP contribution in [-0.4, -0.2) is 27.1 Å². The molecule has 0 bridgehead atoms. The van der Waals surface area contributed by atoms with Crippen molar-refractivity contribution in [3.63, 3.8) is 0 Å². The lowest BCUT2D eigenvalue weighted by molar-refractivity contribution is 0.0693. The van der Waals surface area contributed by atoms with E-state index in [0.717, 1.165) is 12.1 Å². The summed E-state index contributed by atoms with van der Waals surface area (Å²) in [6, 6.07) is 6.42. The minimum Gasteiger partial charge on any atom is -0.507 e. The van der Waals surface area contributed by atoms with Gasteiger partial charge in [0.2, 0.25) is 0 Å². The summed E-state index contributed by atoms with van der Waals surface area (Å²) >= 11 is 0. The number of H-pyrrole nitrogens is 1. The Kier molecular flexibility index (Phi) is 3.52. The van der Waals surface area contributed by atoms with Crippen LogP contribution in [0.1, 0.15) is 20.7 Å². The van der Waals surface area contributed by atoms with Crippen LogP contribution in [0.15, 0.2) is 41.3 Å². The standard InChI is InChI=1S/C13H10N2O5/c16-10-6-7(3-4-8(10)13(19)20)15-12(18)9-2-1-5-14-11(9)17/h1-6,16H,(H,14,17)(H,15,18)(H,19,20). The predicted octanol–water partition coefficient (Wildman–Crippen LogP) is 1.03. The number of carbonyl (C=O) groups excluding carboxylic acids is 1. The van der Waals surface area contributed by atoms with Crippen molar-refractivity contribution in [2.75, 3.05) is 5.32 Å². The first-order valence-electron chi connectivity index (χ1n) is 5.54. The Morgan fingerprint density at radius 3 is 2.50 bits per heavy atom. The SMILES string of the molecule is O=C(O)c1ccc(NC(=O)c2ccc[nH]c2=O)cc1O. The number of carbonyl (C=O) groups is 2. The van der Waals surface area contributed by atoms with Crippen molar-refractivity contribution < 1.29 is 19.8 Å². The van der Waals surface area contributed by atoms with E-state index < -0.39 is 23.2 Å². The van der Waals surface area contributed by atoms with E-state index in [2.05, 4.69) is 10.3 Å². The molecule has 0 aliphatic heterocycles. The van der Waals surface area contributed by atoms with E-state index in [9.17, 15) is 19.5 Å². The van der Waals surface area contributed by atoms with Gasteiger partial charge in [-0.15, -0.1) is 0 Å². The van der Waals surface area contributed by atoms with Crippen molar-refractivity contribution in [1.82, 2.24) is 4.98 Å². The Hall–Kier alpha value is -3.09. The summed E-state index contributed by atoms with van der Waals surface area (Å²) in [5.41, 5.74) is -0.730. The smallest absolute Gasteiger partial charge is 0.339 e. The number of hydrogen-bond donors (Lipinski definition) is 4. The molecule has 4 N–H and O–H groups in total. The number of anilines is 1. The van der Waals surface area contributed by atoms with Gasteiger partial charge >= 0.3 is 5.97 Å². The number of carboxylic acid groups (broad SMARTS) is 1. The number of carboxylic acids is 1. The molecule has 0 aliphatic carbocycles. The number of phenols is 1. The van der Waals surface area contributed by atoms with Crippen molar-refractivity contribution in [3.05, 3.63) is 58.0 Å². The number of benzene rings is 1. The van der Waals surface area contributed by atoms with E-state index in [1.807, 2.05) is 0 Å². The maximum Gasteiger partial charge on any atom is 0.339 e. The summed E-state index contributed by atoms with van der Waals surface area (Å²) in [6.45, 7) is 0. The van der Waals surface area contributed by atoms with Crippen LogP contribution in [0.25, 0.3) is 0 Å². The van der Waals surface area contributed by atoms with Gasteiger partial charge in [-0.2, -0.15) is 0 Å². The number of aromatic carboxylic acids is 1. The largest absolute Gasteiger partial charge is 0.507 e. The summed E-state index contributed by atoms with van der Waals surface area (Å²) < 4.78 is 0. The summed E-state index contributed by atoms with van der Waals surface area (Å²) in [6.07, 6.45) is 1.40. The van der Waals surface area contributed by atoms with Gasteiger partial charge in [0.1, 0.15) is 16.9 Å². The van der Waals surface area contributed by atoms with E-state index in [1.165, 1.54) is 24.4 Å². The molecule has 0 saturated heterocycles. The van der Waals surface area contributed by atoms with Crippen LogP contribution in [0, 0.1) is 0 Å². The minimum absolute atomic E-state index is 0.0886. The number of rotatable bonds is 3. The number of nitrogens with one attached hydrogen (secondary N) is 2. The van der Waals surface area contributed by atoms with E-state index in [0.29, 0.717) is 0 Å². The molecule has 0 radical (unpaired) electrons. The Morgan fingerprint density at radius 2 is 1.90 bits per heavy atom. The Morgan fingerprint density at radius 1 is 1.15 bits per heavy atom. The van der Waals surface area contributed by atoms with Crippen LogP contribution in [0.4, 0.5) is 5.69 Å². The Labute approximate surface area is 112 Å². The molecule has 1 aromatic carbocycles. The molecule has 1 amide bonds. The maximum absolute atomic E-state index is 11.8. The first-order valence-corrected chi connectivity index (χ1v) is 5.54. The topological polar surface area (TPSA) is 119 Å². The fraction of sp³-hybridized carbons (Fsp3) is 0. The van der Waals surface area contributed by atoms with Crippen LogP contribution < -0.4 is 10.9 Å². The molecular formula is C13H10N2O5. The lowest BCUT2D eigenvalue weighted by Crippen LogP contribution is -2.22. The predicted molar refractivity (Wildman–Crippen MR) is 70.1 cm³/mol. The van der Waals surface area contributed by atoms with Crippen LogP contribution in [-0.2, 0) is 0 Å². The van der Waals surface area contributed by atoms with Gasteiger partial charge in [0, 0.05) is 18.0 Å². The molecule has 0 spiro atoms. The highest BCUT2D eigenvalue weighted by Crippen LogP contribution is 2.22. The van der Waals surface area contributed by atoms with E-state index in [4.69, 9.17) is 5.11 Å². The fourth-order valence-electron chi connectivity index (χ4n) is 1.59. The zero-order valence-electron chi connectivity index (χ0n) is 10.1. The average Bonchev–Trinajstić information content (AvgIpc) is 2.38. The highest BCUT2D eigenvalue weighted by molar-refractivity contribution is 6.04. The van der Waals surface area contributed by atoms with Gasteiger partial charge in [-0.1, -0.05) is 0 Å². The molecule has 102 valence electrons. The van der Waals surface area contributed by atoms with Gasteiger partial charge in [-0.3, -0.25) is 9.59 Å². The third-order valence-electron chi connectivity index (χ3n) is 2.55. The van der Waals surface area contributed by atoms with Gasteiger partial charge < -0.3 is 20.5 Å². The lowest BCUT2D eigenvalue weighted by Gasteiger charge is -2.06. The van der Waals surface area contributed by atoms with Crippen molar-refractivity contribution in [1.29, 1.82) is 0 Å². The normalized spacial score (nSPS) is 10.0. The minimum atomic E-state index is -1.28. The van der Waals surface area contributed by atoms with Crippen molar-refractivity contribution in [3.8, 4) is 5.75 Å². The van der Waals surface area contributed by atoms with Crippen molar-refractivity contribution >= 4 is 17.6 Å². The summed E-state index contributed by atoms with van der Waals surface area (Å²) in [7, 11) is 0. The molecule has 2 aromatic rings. The average molecular weight is 274 g/mol. The number of aromatic amines is 1. The molecule has 0 saturated carbocycles. The summed E-state index contributed by atoms with van der Waals surface area (Å²) in [5, 5.41) is 20.7. The lowest BCUT2D eigenvalue weighted by atomic mass is 10.1. The first kappa shape index (κ1) is 13.3.